The van der Waals surface area contributed by atoms with Gasteiger partial charge in [0.15, 0.2) is 6.61 Å². The van der Waals surface area contributed by atoms with Crippen molar-refractivity contribution in [1.82, 2.24) is 4.57 Å². The van der Waals surface area contributed by atoms with Crippen molar-refractivity contribution < 1.29 is 19.4 Å². The van der Waals surface area contributed by atoms with Crippen LogP contribution in [0.1, 0.15) is 30.3 Å². The zero-order valence-electron chi connectivity index (χ0n) is 16.2. The number of esters is 1. The molecule has 0 fully saturated rings. The van der Waals surface area contributed by atoms with Gasteiger partial charge in [-0.25, -0.2) is 4.79 Å². The highest BCUT2D eigenvalue weighted by Gasteiger charge is 2.15. The monoisotopic (exact) mass is 381 g/mol. The summed E-state index contributed by atoms with van der Waals surface area (Å²) in [6.07, 6.45) is 2.46. The van der Waals surface area contributed by atoms with Crippen LogP contribution in [0, 0.1) is 25.2 Å². The molecule has 0 saturated heterocycles. The topological polar surface area (TPSA) is 104 Å². The second kappa shape index (κ2) is 9.42. The maximum absolute atomic E-state index is 12.2. The van der Waals surface area contributed by atoms with E-state index in [4.69, 9.17) is 4.74 Å². The van der Waals surface area contributed by atoms with E-state index >= 15 is 0 Å². The first-order valence-electron chi connectivity index (χ1n) is 8.90. The summed E-state index contributed by atoms with van der Waals surface area (Å²) in [5.74, 6) is -1.33. The highest BCUT2D eigenvalue weighted by Crippen LogP contribution is 2.19. The number of nitrogens with one attached hydrogen (secondary N) is 1. The van der Waals surface area contributed by atoms with Gasteiger partial charge in [-0.3, -0.25) is 4.79 Å². The number of phenols is 1. The molecule has 0 spiro atoms. The first-order valence-corrected chi connectivity index (χ1v) is 8.90. The predicted octanol–water partition coefficient (Wildman–Crippen LogP) is 3.31. The van der Waals surface area contributed by atoms with Crippen LogP contribution in [-0.2, 0) is 20.9 Å². The summed E-state index contributed by atoms with van der Waals surface area (Å²) in [4.78, 5) is 24.1. The van der Waals surface area contributed by atoms with Crippen molar-refractivity contribution in [3.63, 3.8) is 0 Å². The molecule has 0 aliphatic rings. The number of nitriles is 1. The van der Waals surface area contributed by atoms with Gasteiger partial charge in [-0.2, -0.15) is 5.26 Å². The van der Waals surface area contributed by atoms with Crippen molar-refractivity contribution in [2.45, 2.75) is 33.7 Å². The van der Waals surface area contributed by atoms with Crippen molar-refractivity contribution in [3.8, 4) is 11.8 Å². The van der Waals surface area contributed by atoms with E-state index < -0.39 is 18.5 Å². The third kappa shape index (κ3) is 5.24. The molecule has 0 saturated carbocycles. The molecule has 0 unspecified atom stereocenters. The van der Waals surface area contributed by atoms with Gasteiger partial charge >= 0.3 is 5.97 Å². The predicted molar refractivity (Wildman–Crippen MR) is 105 cm³/mol. The smallest absolute Gasteiger partial charge is 0.349 e. The Morgan fingerprint density at radius 1 is 1.29 bits per heavy atom. The fourth-order valence-corrected chi connectivity index (χ4v) is 2.78. The van der Waals surface area contributed by atoms with Gasteiger partial charge < -0.3 is 19.7 Å². The molecular weight excluding hydrogens is 358 g/mol. The zero-order valence-corrected chi connectivity index (χ0v) is 16.2. The molecule has 1 amide bonds. The van der Waals surface area contributed by atoms with E-state index in [0.717, 1.165) is 29.9 Å². The fourth-order valence-electron chi connectivity index (χ4n) is 2.78. The Bertz CT molecular complexity index is 934. The average molecular weight is 381 g/mol. The van der Waals surface area contributed by atoms with E-state index in [1.165, 1.54) is 30.3 Å². The van der Waals surface area contributed by atoms with Crippen molar-refractivity contribution >= 4 is 23.6 Å². The van der Waals surface area contributed by atoms with Crippen LogP contribution in [0.2, 0.25) is 0 Å². The van der Waals surface area contributed by atoms with Gasteiger partial charge in [0.2, 0.25) is 0 Å². The summed E-state index contributed by atoms with van der Waals surface area (Å²) in [7, 11) is 0. The molecule has 0 atom stereocenters. The first kappa shape index (κ1) is 20.8. The van der Waals surface area contributed by atoms with Crippen LogP contribution < -0.4 is 5.32 Å². The Balaban J connectivity index is 2.02. The van der Waals surface area contributed by atoms with E-state index in [1.807, 2.05) is 26.0 Å². The van der Waals surface area contributed by atoms with Gasteiger partial charge in [0, 0.05) is 23.6 Å². The van der Waals surface area contributed by atoms with E-state index in [9.17, 15) is 20.0 Å². The fraction of sp³-hybridized carbons (Fsp3) is 0.286. The molecule has 2 N–H and O–H groups in total. The van der Waals surface area contributed by atoms with Crippen molar-refractivity contribution in [3.05, 3.63) is 52.9 Å². The van der Waals surface area contributed by atoms with Gasteiger partial charge in [-0.1, -0.05) is 6.92 Å². The zero-order chi connectivity index (χ0) is 20.7. The molecule has 2 aromatic rings. The van der Waals surface area contributed by atoms with E-state index in [-0.39, 0.29) is 11.3 Å². The molecule has 0 radical (unpaired) electrons. The Labute approximate surface area is 163 Å². The molecule has 1 aromatic heterocycles. The summed E-state index contributed by atoms with van der Waals surface area (Å²) >= 11 is 0. The highest BCUT2D eigenvalue weighted by molar-refractivity contribution is 6.00. The van der Waals surface area contributed by atoms with E-state index in [2.05, 4.69) is 16.8 Å². The summed E-state index contributed by atoms with van der Waals surface area (Å²) in [6, 6.07) is 9.62. The van der Waals surface area contributed by atoms with Crippen LogP contribution in [0.5, 0.6) is 5.75 Å². The molecule has 0 aliphatic heterocycles. The summed E-state index contributed by atoms with van der Waals surface area (Å²) < 4.78 is 7.07. The second-order valence-corrected chi connectivity index (χ2v) is 6.32. The van der Waals surface area contributed by atoms with Crippen molar-refractivity contribution in [2.24, 2.45) is 0 Å². The van der Waals surface area contributed by atoms with Gasteiger partial charge in [-0.15, -0.1) is 0 Å². The minimum Gasteiger partial charge on any atom is -0.508 e. The lowest BCUT2D eigenvalue weighted by Crippen LogP contribution is -2.21. The minimum atomic E-state index is -0.858. The number of nitrogens with zero attached hydrogens (tertiary/aromatic N) is 2. The maximum atomic E-state index is 12.2. The lowest BCUT2D eigenvalue weighted by molar-refractivity contribution is -0.142. The average Bonchev–Trinajstić information content (AvgIpc) is 2.93. The number of carbonyl (C=O) groups excluding carboxylic acids is 2. The van der Waals surface area contributed by atoms with E-state index in [0.29, 0.717) is 5.69 Å². The summed E-state index contributed by atoms with van der Waals surface area (Å²) in [5.41, 5.74) is 3.06. The molecule has 0 bridgehead atoms. The van der Waals surface area contributed by atoms with Crippen LogP contribution in [0.3, 0.4) is 0 Å². The molecule has 28 heavy (non-hydrogen) atoms. The third-order valence-corrected chi connectivity index (χ3v) is 4.19. The largest absolute Gasteiger partial charge is 0.508 e. The maximum Gasteiger partial charge on any atom is 0.349 e. The van der Waals surface area contributed by atoms with E-state index in [1.54, 1.807) is 0 Å². The Morgan fingerprint density at radius 2 is 1.96 bits per heavy atom. The lowest BCUT2D eigenvalue weighted by Gasteiger charge is -2.07. The number of ether oxygens (including phenoxy) is 1. The Kier molecular flexibility index (Phi) is 6.99. The number of carbonyl (C=O) groups is 2. The molecule has 1 heterocycles. The molecule has 146 valence electrons. The molecule has 2 rings (SSSR count). The van der Waals surface area contributed by atoms with Gasteiger partial charge in [-0.05, 0) is 62.2 Å². The third-order valence-electron chi connectivity index (χ3n) is 4.19. The van der Waals surface area contributed by atoms with Crippen LogP contribution in [0.25, 0.3) is 6.08 Å². The number of amides is 1. The number of phenolic OH excluding ortho intramolecular Hbond substituents is 1. The molecule has 7 nitrogen and oxygen atoms in total. The number of anilines is 1. The second-order valence-electron chi connectivity index (χ2n) is 6.32. The van der Waals surface area contributed by atoms with Crippen molar-refractivity contribution in [2.75, 3.05) is 11.9 Å². The van der Waals surface area contributed by atoms with Gasteiger partial charge in [0.1, 0.15) is 17.4 Å². The molecule has 7 heteroatoms. The standard InChI is InChI=1S/C21H23N3O4/c1-4-9-24-14(2)10-16(15(24)3)11-17(12-22)21(27)28-13-20(26)23-18-5-7-19(25)8-6-18/h5-8,10-11,25H,4,9,13H2,1-3H3,(H,23,26)/b17-11+. The Morgan fingerprint density at radius 3 is 2.57 bits per heavy atom. The number of rotatable bonds is 7. The number of hydrogen-bond donors (Lipinski definition) is 2. The van der Waals surface area contributed by atoms with Crippen LogP contribution in [0.4, 0.5) is 5.69 Å². The van der Waals surface area contributed by atoms with Gasteiger partial charge in [0.25, 0.3) is 5.91 Å². The number of aromatic hydroxyl groups is 1. The molecule has 1 aromatic carbocycles. The van der Waals surface area contributed by atoms with Crippen molar-refractivity contribution in [1.29, 1.82) is 5.26 Å². The van der Waals surface area contributed by atoms with Crippen LogP contribution in [0.15, 0.2) is 35.9 Å². The number of aromatic nitrogens is 1. The number of aryl methyl sites for hydroxylation is 1. The summed E-state index contributed by atoms with van der Waals surface area (Å²) in [5, 5.41) is 21.1. The molecular formula is C21H23N3O4. The van der Waals surface area contributed by atoms with Crippen LogP contribution >= 0.6 is 0 Å². The SMILES string of the molecule is CCCn1c(C)cc(/C=C(\C#N)C(=O)OCC(=O)Nc2ccc(O)cc2)c1C. The Hall–Kier alpha value is -3.53. The summed E-state index contributed by atoms with van der Waals surface area (Å²) in [6.45, 7) is 6.32. The number of hydrogen-bond acceptors (Lipinski definition) is 5. The minimum absolute atomic E-state index is 0.0755. The highest BCUT2D eigenvalue weighted by atomic mass is 16.5. The van der Waals surface area contributed by atoms with Crippen LogP contribution in [-0.4, -0.2) is 28.2 Å². The quantitative estimate of drug-likeness (QED) is 0.331. The first-order chi connectivity index (χ1) is 13.3. The lowest BCUT2D eigenvalue weighted by atomic mass is 10.1. The normalized spacial score (nSPS) is 11.0. The number of benzene rings is 1. The molecule has 0 aliphatic carbocycles. The van der Waals surface area contributed by atoms with Gasteiger partial charge in [0.05, 0.1) is 0 Å².